The predicted octanol–water partition coefficient (Wildman–Crippen LogP) is 4.33. The van der Waals surface area contributed by atoms with Crippen LogP contribution in [0.15, 0.2) is 42.5 Å². The van der Waals surface area contributed by atoms with Crippen LogP contribution in [0.4, 0.5) is 5.69 Å². The highest BCUT2D eigenvalue weighted by Gasteiger charge is 2.20. The molecular formula is C18H16Cl2N2O3. The smallest absolute Gasteiger partial charge is 0.265 e. The van der Waals surface area contributed by atoms with E-state index in [-0.39, 0.29) is 25.5 Å². The third kappa shape index (κ3) is 5.02. The van der Waals surface area contributed by atoms with Crippen LogP contribution in [0.1, 0.15) is 6.42 Å². The van der Waals surface area contributed by atoms with Gasteiger partial charge in [0.2, 0.25) is 0 Å². The highest BCUT2D eigenvalue weighted by molar-refractivity contribution is 6.34. The number of nitriles is 1. The zero-order valence-corrected chi connectivity index (χ0v) is 15.0. The molecule has 1 amide bonds. The van der Waals surface area contributed by atoms with E-state index in [1.54, 1.807) is 42.5 Å². The number of rotatable bonds is 7. The summed E-state index contributed by atoms with van der Waals surface area (Å²) in [5.74, 6) is 0.535. The molecular weight excluding hydrogens is 363 g/mol. The molecule has 0 aliphatic carbocycles. The quantitative estimate of drug-likeness (QED) is 0.719. The second kappa shape index (κ2) is 9.16. The Labute approximate surface area is 156 Å². The van der Waals surface area contributed by atoms with Gasteiger partial charge in [0.25, 0.3) is 5.91 Å². The van der Waals surface area contributed by atoms with Crippen molar-refractivity contribution in [2.75, 3.05) is 25.2 Å². The van der Waals surface area contributed by atoms with Gasteiger partial charge in [-0.05, 0) is 24.3 Å². The molecule has 0 aromatic heterocycles. The number of nitrogens with zero attached hydrogens (tertiary/aromatic N) is 2. The number of anilines is 1. The molecule has 0 N–H and O–H groups in total. The third-order valence-electron chi connectivity index (χ3n) is 3.37. The standard InChI is InChI=1S/C18H16Cl2N2O3/c1-24-16-6-3-2-5-15(16)22(10-4-9-21)18(23)12-25-17-11-13(19)7-8-14(17)20/h2-3,5-8,11H,4,10,12H2,1H3. The van der Waals surface area contributed by atoms with E-state index in [0.29, 0.717) is 27.2 Å². The maximum atomic E-state index is 12.6. The first-order valence-corrected chi connectivity index (χ1v) is 8.20. The van der Waals surface area contributed by atoms with Crippen LogP contribution in [0.25, 0.3) is 0 Å². The number of amides is 1. The van der Waals surface area contributed by atoms with E-state index in [2.05, 4.69) is 0 Å². The fourth-order valence-corrected chi connectivity index (χ4v) is 2.53. The van der Waals surface area contributed by atoms with E-state index in [4.69, 9.17) is 37.9 Å². The van der Waals surface area contributed by atoms with Gasteiger partial charge in [0.1, 0.15) is 11.5 Å². The first-order chi connectivity index (χ1) is 12.1. The Hall–Kier alpha value is -2.42. The van der Waals surface area contributed by atoms with E-state index in [0.717, 1.165) is 0 Å². The number of halogens is 2. The maximum Gasteiger partial charge on any atom is 0.265 e. The molecule has 0 bridgehead atoms. The van der Waals surface area contributed by atoms with Gasteiger partial charge in [-0.3, -0.25) is 4.79 Å². The molecule has 2 aromatic rings. The van der Waals surface area contributed by atoms with Crippen molar-refractivity contribution >= 4 is 34.8 Å². The zero-order valence-electron chi connectivity index (χ0n) is 13.5. The van der Waals surface area contributed by atoms with E-state index < -0.39 is 0 Å². The summed E-state index contributed by atoms with van der Waals surface area (Å²) >= 11 is 11.9. The largest absolute Gasteiger partial charge is 0.495 e. The van der Waals surface area contributed by atoms with Crippen molar-refractivity contribution in [3.05, 3.63) is 52.5 Å². The topological polar surface area (TPSA) is 62.6 Å². The number of carbonyl (C=O) groups excluding carboxylic acids is 1. The second-order valence-corrected chi connectivity index (χ2v) is 5.83. The van der Waals surface area contributed by atoms with Crippen molar-refractivity contribution in [1.82, 2.24) is 0 Å². The first-order valence-electron chi connectivity index (χ1n) is 7.45. The fourth-order valence-electron chi connectivity index (χ4n) is 2.20. The summed E-state index contributed by atoms with van der Waals surface area (Å²) in [5, 5.41) is 9.68. The molecule has 0 fully saturated rings. The Morgan fingerprint density at radius 1 is 1.20 bits per heavy atom. The molecule has 5 nitrogen and oxygen atoms in total. The molecule has 2 aromatic carbocycles. The lowest BCUT2D eigenvalue weighted by Crippen LogP contribution is -2.36. The summed E-state index contributed by atoms with van der Waals surface area (Å²) in [6.45, 7) is -0.0219. The SMILES string of the molecule is COc1ccccc1N(CCC#N)C(=O)COc1cc(Cl)ccc1Cl. The molecule has 2 rings (SSSR count). The van der Waals surface area contributed by atoms with Gasteiger partial charge in [-0.25, -0.2) is 0 Å². The van der Waals surface area contributed by atoms with E-state index in [1.165, 1.54) is 12.0 Å². The van der Waals surface area contributed by atoms with Gasteiger partial charge in [-0.15, -0.1) is 0 Å². The average Bonchev–Trinajstić information content (AvgIpc) is 2.63. The first kappa shape index (κ1) is 18.9. The third-order valence-corrected chi connectivity index (χ3v) is 3.92. The fraction of sp³-hybridized carbons (Fsp3) is 0.222. The van der Waals surface area contributed by atoms with Crippen LogP contribution < -0.4 is 14.4 Å². The van der Waals surface area contributed by atoms with Crippen LogP contribution in [0.3, 0.4) is 0 Å². The van der Waals surface area contributed by atoms with Gasteiger partial charge < -0.3 is 14.4 Å². The van der Waals surface area contributed by atoms with Crippen molar-refractivity contribution < 1.29 is 14.3 Å². The maximum absolute atomic E-state index is 12.6. The van der Waals surface area contributed by atoms with Gasteiger partial charge in [-0.2, -0.15) is 5.26 Å². The number of ether oxygens (including phenoxy) is 2. The number of hydrogen-bond acceptors (Lipinski definition) is 4. The number of methoxy groups -OCH3 is 1. The van der Waals surface area contributed by atoms with E-state index in [1.807, 2.05) is 6.07 Å². The van der Waals surface area contributed by atoms with Crippen molar-refractivity contribution in [1.29, 1.82) is 5.26 Å². The summed E-state index contributed by atoms with van der Waals surface area (Å²) in [5.41, 5.74) is 0.575. The Balaban J connectivity index is 2.18. The van der Waals surface area contributed by atoms with Crippen molar-refractivity contribution in [2.45, 2.75) is 6.42 Å². The van der Waals surface area contributed by atoms with Gasteiger partial charge in [0.15, 0.2) is 6.61 Å². The molecule has 0 unspecified atom stereocenters. The Morgan fingerprint density at radius 2 is 1.96 bits per heavy atom. The Morgan fingerprint density at radius 3 is 2.68 bits per heavy atom. The Bertz CT molecular complexity index is 790. The number of carbonyl (C=O) groups is 1. The zero-order chi connectivity index (χ0) is 18.2. The van der Waals surface area contributed by atoms with Crippen molar-refractivity contribution in [3.8, 4) is 17.6 Å². The van der Waals surface area contributed by atoms with Crippen LogP contribution >= 0.6 is 23.2 Å². The number of hydrogen-bond donors (Lipinski definition) is 0. The molecule has 0 heterocycles. The van der Waals surface area contributed by atoms with Gasteiger partial charge >= 0.3 is 0 Å². The minimum absolute atomic E-state index is 0.182. The number of benzene rings is 2. The lowest BCUT2D eigenvalue weighted by atomic mass is 10.2. The molecule has 130 valence electrons. The van der Waals surface area contributed by atoms with Crippen LogP contribution in [-0.4, -0.2) is 26.2 Å². The molecule has 0 saturated carbocycles. The predicted molar refractivity (Wildman–Crippen MR) is 97.5 cm³/mol. The molecule has 0 saturated heterocycles. The van der Waals surface area contributed by atoms with Crippen LogP contribution in [0.5, 0.6) is 11.5 Å². The molecule has 25 heavy (non-hydrogen) atoms. The lowest BCUT2D eigenvalue weighted by molar-refractivity contribution is -0.120. The lowest BCUT2D eigenvalue weighted by Gasteiger charge is -2.24. The summed E-state index contributed by atoms with van der Waals surface area (Å²) in [7, 11) is 1.52. The monoisotopic (exact) mass is 378 g/mol. The minimum Gasteiger partial charge on any atom is -0.495 e. The number of para-hydroxylation sites is 2. The highest BCUT2D eigenvalue weighted by Crippen LogP contribution is 2.30. The van der Waals surface area contributed by atoms with Crippen molar-refractivity contribution in [2.24, 2.45) is 0 Å². The molecule has 0 aliphatic heterocycles. The van der Waals surface area contributed by atoms with Crippen LogP contribution in [-0.2, 0) is 4.79 Å². The molecule has 0 aliphatic rings. The molecule has 0 spiro atoms. The van der Waals surface area contributed by atoms with E-state index >= 15 is 0 Å². The summed E-state index contributed by atoms with van der Waals surface area (Å²) in [6.07, 6.45) is 0.182. The molecule has 0 atom stereocenters. The normalized spacial score (nSPS) is 10.0. The van der Waals surface area contributed by atoms with E-state index in [9.17, 15) is 4.79 Å². The van der Waals surface area contributed by atoms with Gasteiger partial charge in [0, 0.05) is 17.6 Å². The van der Waals surface area contributed by atoms with Crippen LogP contribution in [0.2, 0.25) is 10.0 Å². The Kier molecular flexibility index (Phi) is 6.93. The summed E-state index contributed by atoms with van der Waals surface area (Å²) < 4.78 is 10.8. The minimum atomic E-state index is -0.323. The summed E-state index contributed by atoms with van der Waals surface area (Å²) in [6, 6.07) is 13.9. The molecule has 0 radical (unpaired) electrons. The second-order valence-electron chi connectivity index (χ2n) is 4.99. The summed E-state index contributed by atoms with van der Waals surface area (Å²) in [4.78, 5) is 14.1. The van der Waals surface area contributed by atoms with Gasteiger partial charge in [-0.1, -0.05) is 35.3 Å². The molecule has 7 heteroatoms. The van der Waals surface area contributed by atoms with Crippen LogP contribution in [0, 0.1) is 11.3 Å². The highest BCUT2D eigenvalue weighted by atomic mass is 35.5. The van der Waals surface area contributed by atoms with Crippen molar-refractivity contribution in [3.63, 3.8) is 0 Å². The average molecular weight is 379 g/mol. The van der Waals surface area contributed by atoms with Gasteiger partial charge in [0.05, 0.1) is 30.3 Å².